The number of aliphatic imine (C=N–C) groups is 1. The van der Waals surface area contributed by atoms with Gasteiger partial charge in [0.15, 0.2) is 0 Å². The second-order valence-corrected chi connectivity index (χ2v) is 9.36. The summed E-state index contributed by atoms with van der Waals surface area (Å²) in [6.45, 7) is 7.88. The number of rotatable bonds is 7. The molecule has 4 rings (SSSR count). The average Bonchev–Trinajstić information content (AvgIpc) is 3.31. The van der Waals surface area contributed by atoms with Crippen LogP contribution in [0.2, 0.25) is 0 Å². The summed E-state index contributed by atoms with van der Waals surface area (Å²) in [5.74, 6) is 2.32. The van der Waals surface area contributed by atoms with Crippen molar-refractivity contribution < 1.29 is 4.79 Å². The van der Waals surface area contributed by atoms with E-state index in [1.165, 1.54) is 12.8 Å². The molecule has 2 heterocycles. The second-order valence-electron chi connectivity index (χ2n) is 9.36. The highest BCUT2D eigenvalue weighted by Crippen LogP contribution is 2.27. The van der Waals surface area contributed by atoms with E-state index in [2.05, 4.69) is 52.8 Å². The van der Waals surface area contributed by atoms with Crippen molar-refractivity contribution in [2.75, 3.05) is 18.4 Å². The van der Waals surface area contributed by atoms with Crippen LogP contribution < -0.4 is 16.0 Å². The SMILES string of the molecule is CCC(C)CNC(=O)c1nc(N[C@H]2CCCC[C@H]2NC2=NCCC2)c2cc(C)ccc2n1. The monoisotopic (exact) mass is 436 g/mol. The molecule has 1 aromatic heterocycles. The summed E-state index contributed by atoms with van der Waals surface area (Å²) in [5.41, 5.74) is 1.94. The number of aryl methyl sites for hydroxylation is 1. The van der Waals surface area contributed by atoms with Gasteiger partial charge in [-0.3, -0.25) is 9.79 Å². The molecule has 7 nitrogen and oxygen atoms in total. The van der Waals surface area contributed by atoms with Crippen molar-refractivity contribution in [3.63, 3.8) is 0 Å². The molecule has 1 fully saturated rings. The molecule has 172 valence electrons. The van der Waals surface area contributed by atoms with Crippen LogP contribution in [0, 0.1) is 12.8 Å². The van der Waals surface area contributed by atoms with E-state index in [-0.39, 0.29) is 17.8 Å². The number of hydrogen-bond acceptors (Lipinski definition) is 6. The van der Waals surface area contributed by atoms with Gasteiger partial charge in [-0.1, -0.05) is 44.7 Å². The summed E-state index contributed by atoms with van der Waals surface area (Å²) in [6, 6.07) is 6.67. The zero-order valence-electron chi connectivity index (χ0n) is 19.6. The zero-order valence-corrected chi connectivity index (χ0v) is 19.6. The van der Waals surface area contributed by atoms with Gasteiger partial charge in [-0.25, -0.2) is 9.97 Å². The molecule has 1 amide bonds. The first-order chi connectivity index (χ1) is 15.5. The lowest BCUT2D eigenvalue weighted by molar-refractivity contribution is 0.0938. The van der Waals surface area contributed by atoms with Crippen LogP contribution in [0.3, 0.4) is 0 Å². The lowest BCUT2D eigenvalue weighted by Crippen LogP contribution is -2.48. The summed E-state index contributed by atoms with van der Waals surface area (Å²) in [7, 11) is 0. The standard InChI is InChI=1S/C25H36N6O/c1-4-16(2)15-27-25(32)24-29-19-12-11-17(3)14-18(19)23(31-24)30-21-9-6-5-8-20(21)28-22-10-7-13-26-22/h11-12,14,16,20-21H,4-10,13,15H2,1-3H3,(H,26,28)(H,27,32)(H,29,30,31)/t16?,20-,21+/m1/s1. The van der Waals surface area contributed by atoms with Gasteiger partial charge in [-0.2, -0.15) is 0 Å². The first kappa shape index (κ1) is 22.5. The molecule has 1 aromatic carbocycles. The molecule has 0 spiro atoms. The topological polar surface area (TPSA) is 91.3 Å². The van der Waals surface area contributed by atoms with E-state index in [1.54, 1.807) is 0 Å². The quantitative estimate of drug-likeness (QED) is 0.604. The molecule has 0 radical (unpaired) electrons. The number of carbonyl (C=O) groups excluding carboxylic acids is 1. The molecule has 0 saturated heterocycles. The highest BCUT2D eigenvalue weighted by atomic mass is 16.2. The maximum atomic E-state index is 12.8. The van der Waals surface area contributed by atoms with Crippen molar-refractivity contribution in [3.8, 4) is 0 Å². The Morgan fingerprint density at radius 2 is 1.91 bits per heavy atom. The first-order valence-corrected chi connectivity index (χ1v) is 12.2. The predicted molar refractivity (Wildman–Crippen MR) is 130 cm³/mol. The van der Waals surface area contributed by atoms with Crippen molar-refractivity contribution in [2.45, 2.75) is 77.8 Å². The Labute approximate surface area is 190 Å². The third kappa shape index (κ3) is 5.37. The Balaban J connectivity index is 1.60. The molecule has 3 atom stereocenters. The van der Waals surface area contributed by atoms with Crippen LogP contribution in [0.25, 0.3) is 10.9 Å². The van der Waals surface area contributed by atoms with E-state index >= 15 is 0 Å². The minimum Gasteiger partial charge on any atom is -0.369 e. The molecule has 2 aliphatic rings. The molecule has 7 heteroatoms. The largest absolute Gasteiger partial charge is 0.369 e. The molecule has 1 aliphatic heterocycles. The van der Waals surface area contributed by atoms with Crippen LogP contribution in [0.1, 0.15) is 75.0 Å². The van der Waals surface area contributed by atoms with Gasteiger partial charge in [0.2, 0.25) is 5.82 Å². The summed E-state index contributed by atoms with van der Waals surface area (Å²) >= 11 is 0. The normalized spacial score (nSPS) is 21.8. The average molecular weight is 437 g/mol. The van der Waals surface area contributed by atoms with Gasteiger partial charge in [0.1, 0.15) is 5.82 Å². The summed E-state index contributed by atoms with van der Waals surface area (Å²) in [5, 5.41) is 11.3. The number of amides is 1. The van der Waals surface area contributed by atoms with Gasteiger partial charge in [0.05, 0.1) is 11.4 Å². The molecule has 3 N–H and O–H groups in total. The number of nitrogens with zero attached hydrogens (tertiary/aromatic N) is 3. The van der Waals surface area contributed by atoms with Crippen molar-refractivity contribution in [1.82, 2.24) is 20.6 Å². The molecule has 0 bridgehead atoms. The highest BCUT2D eigenvalue weighted by molar-refractivity contribution is 5.96. The van der Waals surface area contributed by atoms with Crippen molar-refractivity contribution in [2.24, 2.45) is 10.9 Å². The maximum absolute atomic E-state index is 12.8. The third-order valence-corrected chi connectivity index (χ3v) is 6.68. The van der Waals surface area contributed by atoms with Gasteiger partial charge in [-0.05, 0) is 44.2 Å². The maximum Gasteiger partial charge on any atom is 0.289 e. The Kier molecular flexibility index (Phi) is 7.22. The van der Waals surface area contributed by atoms with Crippen LogP contribution in [-0.4, -0.2) is 46.9 Å². The van der Waals surface area contributed by atoms with E-state index < -0.39 is 0 Å². The predicted octanol–water partition coefficient (Wildman–Crippen LogP) is 4.22. The number of fused-ring (bicyclic) bond motifs is 1. The lowest BCUT2D eigenvalue weighted by atomic mass is 9.90. The summed E-state index contributed by atoms with van der Waals surface area (Å²) in [4.78, 5) is 26.7. The zero-order chi connectivity index (χ0) is 22.5. The van der Waals surface area contributed by atoms with E-state index in [4.69, 9.17) is 4.98 Å². The highest BCUT2D eigenvalue weighted by Gasteiger charge is 2.28. The van der Waals surface area contributed by atoms with E-state index in [9.17, 15) is 4.79 Å². The number of nitrogens with one attached hydrogen (secondary N) is 3. The molecule has 32 heavy (non-hydrogen) atoms. The second kappa shape index (κ2) is 10.3. The Hall–Kier alpha value is -2.70. The van der Waals surface area contributed by atoms with Crippen LogP contribution in [-0.2, 0) is 0 Å². The number of benzene rings is 1. The van der Waals surface area contributed by atoms with Crippen molar-refractivity contribution >= 4 is 28.5 Å². The molecular formula is C25H36N6O. The third-order valence-electron chi connectivity index (χ3n) is 6.68. The Morgan fingerprint density at radius 1 is 1.12 bits per heavy atom. The van der Waals surface area contributed by atoms with E-state index in [1.807, 2.05) is 12.1 Å². The Morgan fingerprint density at radius 3 is 2.62 bits per heavy atom. The molecule has 1 aliphatic carbocycles. The number of carbonyl (C=O) groups is 1. The number of amidine groups is 1. The van der Waals surface area contributed by atoms with Gasteiger partial charge >= 0.3 is 0 Å². The van der Waals surface area contributed by atoms with E-state index in [0.29, 0.717) is 18.5 Å². The van der Waals surface area contributed by atoms with Crippen LogP contribution in [0.4, 0.5) is 5.82 Å². The van der Waals surface area contributed by atoms with Gasteiger partial charge in [0, 0.05) is 37.0 Å². The fraction of sp³-hybridized carbons (Fsp3) is 0.600. The fourth-order valence-corrected chi connectivity index (χ4v) is 4.47. The molecule has 1 saturated carbocycles. The van der Waals surface area contributed by atoms with E-state index in [0.717, 1.165) is 66.8 Å². The van der Waals surface area contributed by atoms with Gasteiger partial charge in [0.25, 0.3) is 5.91 Å². The number of aromatic nitrogens is 2. The summed E-state index contributed by atoms with van der Waals surface area (Å²) < 4.78 is 0. The minimum atomic E-state index is -0.213. The van der Waals surface area contributed by atoms with Crippen LogP contribution in [0.15, 0.2) is 23.2 Å². The lowest BCUT2D eigenvalue weighted by Gasteiger charge is -2.34. The number of hydrogen-bond donors (Lipinski definition) is 3. The van der Waals surface area contributed by atoms with Gasteiger partial charge < -0.3 is 16.0 Å². The van der Waals surface area contributed by atoms with Crippen molar-refractivity contribution in [3.05, 3.63) is 29.6 Å². The minimum absolute atomic E-state index is 0.213. The smallest absolute Gasteiger partial charge is 0.289 e. The van der Waals surface area contributed by atoms with Crippen LogP contribution >= 0.6 is 0 Å². The number of anilines is 1. The fourth-order valence-electron chi connectivity index (χ4n) is 4.47. The van der Waals surface area contributed by atoms with Crippen molar-refractivity contribution in [1.29, 1.82) is 0 Å². The Bertz CT molecular complexity index is 988. The van der Waals surface area contributed by atoms with Crippen LogP contribution in [0.5, 0.6) is 0 Å². The molecule has 1 unspecified atom stereocenters. The first-order valence-electron chi connectivity index (χ1n) is 12.2. The summed E-state index contributed by atoms with van der Waals surface area (Å²) in [6.07, 6.45) is 7.78. The molecule has 2 aromatic rings. The molecular weight excluding hydrogens is 400 g/mol. The van der Waals surface area contributed by atoms with Gasteiger partial charge in [-0.15, -0.1) is 0 Å².